The molecule has 1 aromatic carbocycles. The number of aromatic nitrogens is 4. The van der Waals surface area contributed by atoms with Crippen molar-refractivity contribution in [3.8, 4) is 0 Å². The van der Waals surface area contributed by atoms with Crippen molar-refractivity contribution < 1.29 is 0 Å². The molecule has 0 radical (unpaired) electrons. The van der Waals surface area contributed by atoms with Gasteiger partial charge in [-0.2, -0.15) is 0 Å². The van der Waals surface area contributed by atoms with Crippen molar-refractivity contribution >= 4 is 27.5 Å². The van der Waals surface area contributed by atoms with Gasteiger partial charge in [-0.25, -0.2) is 0 Å². The molecule has 1 saturated heterocycles. The van der Waals surface area contributed by atoms with Gasteiger partial charge in [0.25, 0.3) is 0 Å². The minimum atomic E-state index is 0.370. The summed E-state index contributed by atoms with van der Waals surface area (Å²) in [4.78, 5) is 13.6. The van der Waals surface area contributed by atoms with Crippen LogP contribution in [0.5, 0.6) is 0 Å². The maximum atomic E-state index is 4.42. The molecule has 4 rings (SSSR count). The Morgan fingerprint density at radius 1 is 1.00 bits per heavy atom. The summed E-state index contributed by atoms with van der Waals surface area (Å²) in [6, 6.07) is 6.76. The highest BCUT2D eigenvalue weighted by molar-refractivity contribution is 7.15. The molecule has 1 aliphatic rings. The molecule has 1 fully saturated rings. The Kier molecular flexibility index (Phi) is 4.12. The summed E-state index contributed by atoms with van der Waals surface area (Å²) >= 11 is 1.67. The second-order valence-corrected chi connectivity index (χ2v) is 7.27. The van der Waals surface area contributed by atoms with Crippen molar-refractivity contribution in [2.75, 3.05) is 31.1 Å². The summed E-state index contributed by atoms with van der Waals surface area (Å²) in [6.45, 7) is 8.31. The Bertz CT molecular complexity index is 840. The molecule has 6 nitrogen and oxygen atoms in total. The van der Waals surface area contributed by atoms with Crippen LogP contribution >= 0.6 is 11.3 Å². The number of aryl methyl sites for hydroxylation is 1. The zero-order valence-corrected chi connectivity index (χ0v) is 14.7. The molecule has 0 bridgehead atoms. The van der Waals surface area contributed by atoms with Crippen molar-refractivity contribution in [3.05, 3.63) is 41.2 Å². The smallest absolute Gasteiger partial charge is 0.208 e. The maximum Gasteiger partial charge on any atom is 0.208 e. The lowest BCUT2D eigenvalue weighted by Gasteiger charge is -2.38. The van der Waals surface area contributed by atoms with E-state index in [9.17, 15) is 0 Å². The number of hydrogen-bond acceptors (Lipinski definition) is 7. The van der Waals surface area contributed by atoms with Crippen LogP contribution < -0.4 is 4.90 Å². The number of anilines is 1. The van der Waals surface area contributed by atoms with E-state index in [-0.39, 0.29) is 0 Å². The van der Waals surface area contributed by atoms with Gasteiger partial charge in [-0.15, -0.1) is 10.2 Å². The van der Waals surface area contributed by atoms with Crippen LogP contribution in [-0.2, 0) is 0 Å². The average molecular weight is 340 g/mol. The van der Waals surface area contributed by atoms with Gasteiger partial charge in [0, 0.05) is 44.6 Å². The second-order valence-electron chi connectivity index (χ2n) is 6.11. The number of benzene rings is 1. The van der Waals surface area contributed by atoms with E-state index in [4.69, 9.17) is 0 Å². The van der Waals surface area contributed by atoms with E-state index in [2.05, 4.69) is 55.1 Å². The molecular formula is C17H20N6S. The lowest BCUT2D eigenvalue weighted by Crippen LogP contribution is -2.47. The Balaban J connectivity index is 1.46. The number of fused-ring (bicyclic) bond motifs is 1. The van der Waals surface area contributed by atoms with Gasteiger partial charge in [0.15, 0.2) is 0 Å². The summed E-state index contributed by atoms with van der Waals surface area (Å²) in [5.41, 5.74) is 3.21. The molecule has 0 aliphatic carbocycles. The van der Waals surface area contributed by atoms with E-state index in [1.54, 1.807) is 23.7 Å². The van der Waals surface area contributed by atoms with Crippen LogP contribution in [0.3, 0.4) is 0 Å². The molecule has 3 heterocycles. The SMILES string of the molecule is Cc1nnc(N2CCN([C@H](C)c3ccc4nccnc4c3)CC2)s1. The highest BCUT2D eigenvalue weighted by Crippen LogP contribution is 2.26. The second kappa shape index (κ2) is 6.41. The van der Waals surface area contributed by atoms with E-state index < -0.39 is 0 Å². The fourth-order valence-corrected chi connectivity index (χ4v) is 3.90. The van der Waals surface area contributed by atoms with Gasteiger partial charge in [0.05, 0.1) is 11.0 Å². The minimum absolute atomic E-state index is 0.370. The summed E-state index contributed by atoms with van der Waals surface area (Å²) < 4.78 is 0. The minimum Gasteiger partial charge on any atom is -0.344 e. The average Bonchev–Trinajstić information content (AvgIpc) is 3.07. The fourth-order valence-electron chi connectivity index (χ4n) is 3.17. The van der Waals surface area contributed by atoms with Crippen molar-refractivity contribution in [2.45, 2.75) is 19.9 Å². The van der Waals surface area contributed by atoms with Crippen LogP contribution in [0.4, 0.5) is 5.13 Å². The zero-order valence-electron chi connectivity index (χ0n) is 13.9. The summed E-state index contributed by atoms with van der Waals surface area (Å²) in [7, 11) is 0. The number of piperazine rings is 1. The molecule has 0 saturated carbocycles. The number of rotatable bonds is 3. The van der Waals surface area contributed by atoms with Crippen LogP contribution in [0, 0.1) is 6.92 Å². The summed E-state index contributed by atoms with van der Waals surface area (Å²) in [5.74, 6) is 0. The molecule has 0 amide bonds. The maximum absolute atomic E-state index is 4.42. The third kappa shape index (κ3) is 2.97. The van der Waals surface area contributed by atoms with Gasteiger partial charge in [0.1, 0.15) is 5.01 Å². The third-order valence-corrected chi connectivity index (χ3v) is 5.52. The Hall–Kier alpha value is -2.12. The monoisotopic (exact) mass is 340 g/mol. The van der Waals surface area contributed by atoms with Gasteiger partial charge in [-0.1, -0.05) is 17.4 Å². The first-order chi connectivity index (χ1) is 11.7. The van der Waals surface area contributed by atoms with E-state index in [0.29, 0.717) is 6.04 Å². The molecule has 3 aromatic rings. The fraction of sp³-hybridized carbons (Fsp3) is 0.412. The molecule has 124 valence electrons. The van der Waals surface area contributed by atoms with Crippen molar-refractivity contribution in [2.24, 2.45) is 0 Å². The molecule has 24 heavy (non-hydrogen) atoms. The molecule has 2 aromatic heterocycles. The van der Waals surface area contributed by atoms with Crippen LogP contribution in [0.25, 0.3) is 11.0 Å². The van der Waals surface area contributed by atoms with Crippen LogP contribution in [0.1, 0.15) is 23.5 Å². The molecule has 1 atom stereocenters. The van der Waals surface area contributed by atoms with Crippen molar-refractivity contribution in [1.82, 2.24) is 25.1 Å². The van der Waals surface area contributed by atoms with E-state index >= 15 is 0 Å². The summed E-state index contributed by atoms with van der Waals surface area (Å²) in [5, 5.41) is 10.5. The molecular weight excluding hydrogens is 320 g/mol. The van der Waals surface area contributed by atoms with Crippen LogP contribution in [0.15, 0.2) is 30.6 Å². The quantitative estimate of drug-likeness (QED) is 0.731. The molecule has 0 spiro atoms. The topological polar surface area (TPSA) is 58.0 Å². The van der Waals surface area contributed by atoms with Crippen LogP contribution in [-0.4, -0.2) is 51.2 Å². The molecule has 0 N–H and O–H groups in total. The Morgan fingerprint density at radius 3 is 2.46 bits per heavy atom. The molecule has 1 aliphatic heterocycles. The van der Waals surface area contributed by atoms with Gasteiger partial charge in [-0.3, -0.25) is 14.9 Å². The van der Waals surface area contributed by atoms with Gasteiger partial charge in [0.2, 0.25) is 5.13 Å². The van der Waals surface area contributed by atoms with Gasteiger partial charge < -0.3 is 4.90 Å². The molecule has 7 heteroatoms. The van der Waals surface area contributed by atoms with Crippen molar-refractivity contribution in [3.63, 3.8) is 0 Å². The lowest BCUT2D eigenvalue weighted by atomic mass is 10.1. The van der Waals surface area contributed by atoms with Gasteiger partial charge >= 0.3 is 0 Å². The lowest BCUT2D eigenvalue weighted by molar-refractivity contribution is 0.198. The number of hydrogen-bond donors (Lipinski definition) is 0. The number of nitrogens with zero attached hydrogens (tertiary/aromatic N) is 6. The van der Waals surface area contributed by atoms with Crippen molar-refractivity contribution in [1.29, 1.82) is 0 Å². The highest BCUT2D eigenvalue weighted by Gasteiger charge is 2.24. The Labute approximate surface area is 145 Å². The molecule has 0 unspecified atom stereocenters. The Morgan fingerprint density at radius 2 is 1.75 bits per heavy atom. The first-order valence-corrected chi connectivity index (χ1v) is 9.02. The van der Waals surface area contributed by atoms with Crippen LogP contribution in [0.2, 0.25) is 0 Å². The normalized spacial score (nSPS) is 17.3. The first-order valence-electron chi connectivity index (χ1n) is 8.20. The zero-order chi connectivity index (χ0) is 16.5. The predicted octanol–water partition coefficient (Wildman–Crippen LogP) is 2.67. The predicted molar refractivity (Wildman–Crippen MR) is 96.4 cm³/mol. The highest BCUT2D eigenvalue weighted by atomic mass is 32.1. The largest absolute Gasteiger partial charge is 0.344 e. The standard InChI is InChI=1S/C17H20N6S/c1-12(14-3-4-15-16(11-14)19-6-5-18-15)22-7-9-23(10-8-22)17-21-20-13(2)24-17/h3-6,11-12H,7-10H2,1-2H3/t12-/m1/s1. The first kappa shape index (κ1) is 15.4. The van der Waals surface area contributed by atoms with E-state index in [1.807, 2.05) is 6.92 Å². The third-order valence-electron chi connectivity index (χ3n) is 4.62. The van der Waals surface area contributed by atoms with Gasteiger partial charge in [-0.05, 0) is 31.5 Å². The van der Waals surface area contributed by atoms with E-state index in [1.165, 1.54) is 5.56 Å². The van der Waals surface area contributed by atoms with E-state index in [0.717, 1.165) is 47.4 Å². The summed E-state index contributed by atoms with van der Waals surface area (Å²) in [6.07, 6.45) is 3.49.